The Kier molecular flexibility index (Phi) is 22.0. The van der Waals surface area contributed by atoms with Crippen LogP contribution in [0.15, 0.2) is 0 Å². The van der Waals surface area contributed by atoms with Gasteiger partial charge in [-0.2, -0.15) is 0 Å². The van der Waals surface area contributed by atoms with Crippen molar-refractivity contribution in [1.82, 2.24) is 21.3 Å². The van der Waals surface area contributed by atoms with Crippen LogP contribution in [0.3, 0.4) is 0 Å². The van der Waals surface area contributed by atoms with Crippen molar-refractivity contribution >= 4 is 17.7 Å². The molecule has 0 aromatic rings. The van der Waals surface area contributed by atoms with E-state index in [4.69, 9.17) is 23.7 Å². The van der Waals surface area contributed by atoms with Gasteiger partial charge in [-0.3, -0.25) is 14.4 Å². The van der Waals surface area contributed by atoms with E-state index < -0.39 is 16.6 Å². The molecule has 0 fully saturated rings. The summed E-state index contributed by atoms with van der Waals surface area (Å²) in [5, 5.41) is 12.6. The Morgan fingerprint density at radius 1 is 0.571 bits per heavy atom. The van der Waals surface area contributed by atoms with Crippen LogP contribution in [0.5, 0.6) is 0 Å². The second kappa shape index (κ2) is 22.9. The zero-order valence-electron chi connectivity index (χ0n) is 33.4. The maximum absolute atomic E-state index is 12.8. The van der Waals surface area contributed by atoms with Gasteiger partial charge in [0.05, 0.1) is 56.4 Å². The minimum Gasteiger partial charge on any atom is -0.379 e. The molecule has 0 spiro atoms. The molecule has 4 N–H and O–H groups in total. The highest BCUT2D eigenvalue weighted by atomic mass is 16.5. The summed E-state index contributed by atoms with van der Waals surface area (Å²) in [5.74, 6) is -0.279. The van der Waals surface area contributed by atoms with Gasteiger partial charge in [0.1, 0.15) is 0 Å². The molecule has 0 radical (unpaired) electrons. The van der Waals surface area contributed by atoms with Gasteiger partial charge in [-0.25, -0.2) is 0 Å². The molecule has 0 saturated carbocycles. The highest BCUT2D eigenvalue weighted by molar-refractivity contribution is 5.77. The number of carbonyl (C=O) groups excluding carboxylic acids is 3. The van der Waals surface area contributed by atoms with Crippen LogP contribution in [0.1, 0.15) is 129 Å². The molecule has 12 nitrogen and oxygen atoms in total. The Labute approximate surface area is 298 Å². The molecule has 290 valence electrons. The lowest BCUT2D eigenvalue weighted by atomic mass is 10.0. The van der Waals surface area contributed by atoms with E-state index in [1.165, 1.54) is 0 Å². The maximum atomic E-state index is 12.8. The van der Waals surface area contributed by atoms with E-state index in [2.05, 4.69) is 28.2 Å². The van der Waals surface area contributed by atoms with E-state index in [9.17, 15) is 14.4 Å². The Hall–Kier alpha value is -1.83. The smallest absolute Gasteiger partial charge is 0.222 e. The number of carbonyl (C=O) groups is 3. The predicted molar refractivity (Wildman–Crippen MR) is 196 cm³/mol. The van der Waals surface area contributed by atoms with Crippen LogP contribution in [0.2, 0.25) is 0 Å². The molecule has 0 atom stereocenters. The molecule has 3 amide bonds. The predicted octanol–water partition coefficient (Wildman–Crippen LogP) is 4.67. The second-order valence-corrected chi connectivity index (χ2v) is 16.6. The molecule has 0 rings (SSSR count). The fraction of sp³-hybridized carbons (Fsp3) is 0.919. The maximum Gasteiger partial charge on any atom is 0.222 e. The third-order valence-electron chi connectivity index (χ3n) is 7.24. The van der Waals surface area contributed by atoms with Gasteiger partial charge in [0.25, 0.3) is 0 Å². The van der Waals surface area contributed by atoms with E-state index in [-0.39, 0.29) is 93.9 Å². The molecule has 0 aliphatic carbocycles. The van der Waals surface area contributed by atoms with E-state index >= 15 is 0 Å². The molecule has 12 heteroatoms. The van der Waals surface area contributed by atoms with Crippen molar-refractivity contribution in [2.24, 2.45) is 0 Å². The van der Waals surface area contributed by atoms with Gasteiger partial charge in [-0.1, -0.05) is 6.92 Å². The second-order valence-electron chi connectivity index (χ2n) is 16.6. The van der Waals surface area contributed by atoms with E-state index in [0.717, 1.165) is 6.42 Å². The lowest BCUT2D eigenvalue weighted by molar-refractivity contribution is -0.124. The summed E-state index contributed by atoms with van der Waals surface area (Å²) in [6, 6.07) is 0.0544. The standard InChI is InChI=1S/C37H74N4O8/c1-14-20-38-37(26-45-21-15-30(42)39-29(2)3,27-46-22-16-31(43)40-35(10,11)18-24-48-33(4,5)6)28-47-23-17-32(44)41-36(12,13)19-25-49-34(7,8)9/h29,38H,14-28H2,1-13H3,(H,39,42)(H,40,43)(H,41,44). The monoisotopic (exact) mass is 703 g/mol. The van der Waals surface area contributed by atoms with Crippen LogP contribution in [-0.4, -0.2) is 111 Å². The van der Waals surface area contributed by atoms with Crippen LogP contribution < -0.4 is 21.3 Å². The molecular formula is C37H74N4O8. The Bertz CT molecular complexity index is 888. The van der Waals surface area contributed by atoms with E-state index in [1.807, 2.05) is 83.1 Å². The van der Waals surface area contributed by atoms with Crippen molar-refractivity contribution in [1.29, 1.82) is 0 Å². The van der Waals surface area contributed by atoms with Crippen molar-refractivity contribution < 1.29 is 38.1 Å². The summed E-state index contributed by atoms with van der Waals surface area (Å²) in [6.45, 7) is 29.0. The highest BCUT2D eigenvalue weighted by Crippen LogP contribution is 2.16. The quantitative estimate of drug-likeness (QED) is 0.0898. The SMILES string of the molecule is CCCNC(COCCC(=O)NC(C)C)(COCCC(=O)NC(C)(C)CCOC(C)(C)C)COCCC(=O)NC(C)(C)CCOC(C)(C)C. The molecule has 0 saturated heterocycles. The van der Waals surface area contributed by atoms with Crippen LogP contribution in [0.25, 0.3) is 0 Å². The first-order valence-electron chi connectivity index (χ1n) is 18.2. The molecule has 0 aromatic heterocycles. The summed E-state index contributed by atoms with van der Waals surface area (Å²) in [4.78, 5) is 37.7. The molecule has 0 heterocycles. The van der Waals surface area contributed by atoms with Crippen LogP contribution in [0.4, 0.5) is 0 Å². The normalized spacial score (nSPS) is 13.1. The summed E-state index contributed by atoms with van der Waals surface area (Å²) in [7, 11) is 0. The van der Waals surface area contributed by atoms with Crippen molar-refractivity contribution in [3.63, 3.8) is 0 Å². The molecule has 0 unspecified atom stereocenters. The molecule has 0 aliphatic heterocycles. The highest BCUT2D eigenvalue weighted by Gasteiger charge is 2.32. The summed E-state index contributed by atoms with van der Waals surface area (Å²) < 4.78 is 29.8. The Morgan fingerprint density at radius 3 is 1.27 bits per heavy atom. The summed E-state index contributed by atoms with van der Waals surface area (Å²) in [5.41, 5.74) is -2.04. The van der Waals surface area contributed by atoms with Gasteiger partial charge in [-0.15, -0.1) is 0 Å². The number of rotatable bonds is 27. The minimum atomic E-state index is -0.745. The number of ether oxygens (including phenoxy) is 5. The third kappa shape index (κ3) is 27.6. The zero-order chi connectivity index (χ0) is 37.8. The number of amides is 3. The first-order chi connectivity index (χ1) is 22.5. The number of hydrogen-bond donors (Lipinski definition) is 4. The van der Waals surface area contributed by atoms with Gasteiger partial charge < -0.3 is 45.0 Å². The Morgan fingerprint density at radius 2 is 0.939 bits per heavy atom. The average molecular weight is 703 g/mol. The molecule has 0 aliphatic rings. The largest absolute Gasteiger partial charge is 0.379 e. The van der Waals surface area contributed by atoms with Gasteiger partial charge in [0.15, 0.2) is 0 Å². The van der Waals surface area contributed by atoms with Crippen molar-refractivity contribution in [2.45, 2.75) is 162 Å². The summed E-state index contributed by atoms with van der Waals surface area (Å²) in [6.07, 6.45) is 2.86. The first-order valence-corrected chi connectivity index (χ1v) is 18.2. The van der Waals surface area contributed by atoms with Crippen LogP contribution >= 0.6 is 0 Å². The summed E-state index contributed by atoms with van der Waals surface area (Å²) >= 11 is 0. The van der Waals surface area contributed by atoms with Gasteiger partial charge >= 0.3 is 0 Å². The fourth-order valence-corrected chi connectivity index (χ4v) is 4.59. The van der Waals surface area contributed by atoms with Gasteiger partial charge in [-0.05, 0) is 109 Å². The van der Waals surface area contributed by atoms with Gasteiger partial charge in [0.2, 0.25) is 17.7 Å². The van der Waals surface area contributed by atoms with Gasteiger partial charge in [0, 0.05) is 49.6 Å². The molecular weight excluding hydrogens is 628 g/mol. The van der Waals surface area contributed by atoms with Crippen molar-refractivity contribution in [3.05, 3.63) is 0 Å². The molecule has 0 aromatic carbocycles. The van der Waals surface area contributed by atoms with Crippen molar-refractivity contribution in [3.8, 4) is 0 Å². The topological polar surface area (TPSA) is 145 Å². The Balaban J connectivity index is 5.23. The van der Waals surface area contributed by atoms with E-state index in [1.54, 1.807) is 0 Å². The number of nitrogens with one attached hydrogen (secondary N) is 4. The fourth-order valence-electron chi connectivity index (χ4n) is 4.59. The average Bonchev–Trinajstić information content (AvgIpc) is 2.92. The van der Waals surface area contributed by atoms with Crippen LogP contribution in [0, 0.1) is 0 Å². The lowest BCUT2D eigenvalue weighted by Crippen LogP contribution is -2.57. The minimum absolute atomic E-state index is 0.0544. The molecule has 49 heavy (non-hydrogen) atoms. The first kappa shape index (κ1) is 47.2. The lowest BCUT2D eigenvalue weighted by Gasteiger charge is -2.34. The molecule has 0 bridgehead atoms. The van der Waals surface area contributed by atoms with Crippen molar-refractivity contribution in [2.75, 3.05) is 59.4 Å². The third-order valence-corrected chi connectivity index (χ3v) is 7.24. The number of hydrogen-bond acceptors (Lipinski definition) is 9. The van der Waals surface area contributed by atoms with E-state index in [0.29, 0.717) is 32.6 Å². The zero-order valence-corrected chi connectivity index (χ0v) is 33.4. The van der Waals surface area contributed by atoms with Crippen LogP contribution in [-0.2, 0) is 38.1 Å².